The lowest BCUT2D eigenvalue weighted by atomic mass is 10.1. The van der Waals surface area contributed by atoms with Crippen LogP contribution in [0.5, 0.6) is 0 Å². The molecule has 26 heavy (non-hydrogen) atoms. The first-order valence-corrected chi connectivity index (χ1v) is 8.09. The molecule has 2 heterocycles. The molecule has 2 aromatic rings. The summed E-state index contributed by atoms with van der Waals surface area (Å²) >= 11 is 0. The normalized spacial score (nSPS) is 17.5. The number of aromatic nitrogens is 2. The Morgan fingerprint density at radius 1 is 1.35 bits per heavy atom. The molecule has 5 nitrogen and oxygen atoms in total. The van der Waals surface area contributed by atoms with Gasteiger partial charge in [-0.15, -0.1) is 12.4 Å². The molecular formula is C17H20ClF3N4O. The summed E-state index contributed by atoms with van der Waals surface area (Å²) in [7, 11) is 0. The van der Waals surface area contributed by atoms with Crippen LogP contribution in [0.2, 0.25) is 0 Å². The highest BCUT2D eigenvalue weighted by Crippen LogP contribution is 2.32. The number of nitrogens with one attached hydrogen (secondary N) is 2. The topological polar surface area (TPSA) is 59.0 Å². The van der Waals surface area contributed by atoms with E-state index in [0.29, 0.717) is 5.69 Å². The van der Waals surface area contributed by atoms with Gasteiger partial charge in [-0.25, -0.2) is 0 Å². The number of hydrogen-bond acceptors (Lipinski definition) is 3. The number of rotatable bonds is 3. The highest BCUT2D eigenvalue weighted by molar-refractivity contribution is 6.02. The molecule has 1 aliphatic rings. The smallest absolute Gasteiger partial charge is 0.321 e. The Hall–Kier alpha value is -2.06. The maximum atomic E-state index is 12.8. The van der Waals surface area contributed by atoms with E-state index in [4.69, 9.17) is 0 Å². The van der Waals surface area contributed by atoms with Gasteiger partial charge >= 0.3 is 6.18 Å². The zero-order valence-corrected chi connectivity index (χ0v) is 15.0. The van der Waals surface area contributed by atoms with Gasteiger partial charge in [-0.3, -0.25) is 9.48 Å². The molecule has 142 valence electrons. The van der Waals surface area contributed by atoms with E-state index in [1.54, 1.807) is 16.9 Å². The van der Waals surface area contributed by atoms with Gasteiger partial charge in [0.05, 0.1) is 11.6 Å². The Balaban J connectivity index is 0.00000243. The minimum absolute atomic E-state index is 0. The minimum Gasteiger partial charge on any atom is -0.321 e. The van der Waals surface area contributed by atoms with Crippen molar-refractivity contribution in [3.63, 3.8) is 0 Å². The van der Waals surface area contributed by atoms with Crippen LogP contribution < -0.4 is 10.6 Å². The second-order valence-corrected chi connectivity index (χ2v) is 6.16. The molecular weight excluding hydrogens is 369 g/mol. The summed E-state index contributed by atoms with van der Waals surface area (Å²) in [4.78, 5) is 12.3. The van der Waals surface area contributed by atoms with Crippen LogP contribution in [0.1, 0.15) is 40.5 Å². The number of halogens is 4. The largest absolute Gasteiger partial charge is 0.416 e. The number of alkyl halides is 3. The lowest BCUT2D eigenvalue weighted by Crippen LogP contribution is -2.32. The van der Waals surface area contributed by atoms with Gasteiger partial charge in [-0.2, -0.15) is 18.3 Å². The van der Waals surface area contributed by atoms with Gasteiger partial charge in [0.1, 0.15) is 0 Å². The summed E-state index contributed by atoms with van der Waals surface area (Å²) in [5, 5.41) is 10.2. The Morgan fingerprint density at radius 2 is 2.12 bits per heavy atom. The maximum absolute atomic E-state index is 12.8. The summed E-state index contributed by atoms with van der Waals surface area (Å²) in [6.45, 7) is 3.16. The first-order valence-electron chi connectivity index (χ1n) is 8.09. The first-order chi connectivity index (χ1) is 11.8. The predicted molar refractivity (Wildman–Crippen MR) is 94.7 cm³/mol. The van der Waals surface area contributed by atoms with Crippen molar-refractivity contribution < 1.29 is 18.0 Å². The predicted octanol–water partition coefficient (Wildman–Crippen LogP) is 3.81. The van der Waals surface area contributed by atoms with Gasteiger partial charge in [0, 0.05) is 18.4 Å². The van der Waals surface area contributed by atoms with Gasteiger partial charge in [0.25, 0.3) is 5.91 Å². The molecule has 0 saturated carbocycles. The molecule has 2 N–H and O–H groups in total. The molecule has 0 spiro atoms. The Labute approximate surface area is 155 Å². The van der Waals surface area contributed by atoms with Crippen LogP contribution >= 0.6 is 12.4 Å². The third kappa shape index (κ3) is 4.56. The number of carbonyl (C=O) groups excluding carboxylic acids is 1. The second kappa shape index (κ2) is 8.09. The summed E-state index contributed by atoms with van der Waals surface area (Å²) in [5.41, 5.74) is -0.101. The van der Waals surface area contributed by atoms with Crippen molar-refractivity contribution in [1.82, 2.24) is 15.1 Å². The molecule has 1 aromatic heterocycles. The molecule has 0 bridgehead atoms. The molecule has 3 rings (SSSR count). The van der Waals surface area contributed by atoms with E-state index >= 15 is 0 Å². The molecule has 0 radical (unpaired) electrons. The Bertz CT molecular complexity index is 770. The van der Waals surface area contributed by atoms with Gasteiger partial charge in [0.15, 0.2) is 5.69 Å². The highest BCUT2D eigenvalue weighted by Gasteiger charge is 2.32. The van der Waals surface area contributed by atoms with Crippen molar-refractivity contribution in [3.05, 3.63) is 47.3 Å². The number of anilines is 1. The summed E-state index contributed by atoms with van der Waals surface area (Å²) in [6, 6.07) is 5.35. The fourth-order valence-electron chi connectivity index (χ4n) is 2.98. The number of aryl methyl sites for hydroxylation is 1. The van der Waals surface area contributed by atoms with E-state index in [2.05, 4.69) is 15.7 Å². The molecule has 1 aromatic carbocycles. The number of benzene rings is 1. The third-order valence-corrected chi connectivity index (χ3v) is 4.28. The van der Waals surface area contributed by atoms with Crippen LogP contribution in [0.25, 0.3) is 0 Å². The zero-order valence-electron chi connectivity index (χ0n) is 14.1. The number of carbonyl (C=O) groups is 1. The van der Waals surface area contributed by atoms with Crippen molar-refractivity contribution >= 4 is 24.0 Å². The number of piperidine rings is 1. The molecule has 1 unspecified atom stereocenters. The first kappa shape index (κ1) is 20.3. The molecule has 1 saturated heterocycles. The average molecular weight is 389 g/mol. The third-order valence-electron chi connectivity index (χ3n) is 4.28. The van der Waals surface area contributed by atoms with Crippen LogP contribution in [0, 0.1) is 6.92 Å². The van der Waals surface area contributed by atoms with Crippen LogP contribution in [-0.4, -0.2) is 28.8 Å². The zero-order chi connectivity index (χ0) is 18.0. The number of hydrogen-bond donors (Lipinski definition) is 2. The molecule has 1 amide bonds. The quantitative estimate of drug-likeness (QED) is 0.840. The number of amides is 1. The van der Waals surface area contributed by atoms with Crippen LogP contribution in [0.15, 0.2) is 30.5 Å². The molecule has 1 atom stereocenters. The lowest BCUT2D eigenvalue weighted by molar-refractivity contribution is -0.138. The van der Waals surface area contributed by atoms with E-state index in [9.17, 15) is 18.0 Å². The van der Waals surface area contributed by atoms with Crippen LogP contribution in [-0.2, 0) is 6.18 Å². The fourth-order valence-corrected chi connectivity index (χ4v) is 2.98. The second-order valence-electron chi connectivity index (χ2n) is 6.16. The van der Waals surface area contributed by atoms with Crippen molar-refractivity contribution in [2.75, 3.05) is 18.4 Å². The van der Waals surface area contributed by atoms with E-state index in [-0.39, 0.29) is 29.7 Å². The fraction of sp³-hybridized carbons (Fsp3) is 0.412. The summed E-state index contributed by atoms with van der Waals surface area (Å²) in [6.07, 6.45) is -0.602. The molecule has 9 heteroatoms. The summed E-state index contributed by atoms with van der Waals surface area (Å²) < 4.78 is 40.1. The van der Waals surface area contributed by atoms with Crippen LogP contribution in [0.3, 0.4) is 0 Å². The monoisotopic (exact) mass is 388 g/mol. The molecule has 0 aliphatic carbocycles. The van der Waals surface area contributed by atoms with Gasteiger partial charge in [-0.05, 0) is 56.1 Å². The van der Waals surface area contributed by atoms with E-state index in [0.717, 1.165) is 32.0 Å². The SMILES string of the molecule is Cc1cc(NC(=O)c2ccn(C3CCCNC3)n2)ccc1C(F)(F)F.Cl. The van der Waals surface area contributed by atoms with Crippen LogP contribution in [0.4, 0.5) is 18.9 Å². The standard InChI is InChI=1S/C17H19F3N4O.ClH/c1-11-9-12(4-5-14(11)17(18,19)20)22-16(25)15-6-8-24(23-15)13-3-2-7-21-10-13;/h4-6,8-9,13,21H,2-3,7,10H2,1H3,(H,22,25);1H. The summed E-state index contributed by atoms with van der Waals surface area (Å²) in [5.74, 6) is -0.443. The van der Waals surface area contributed by atoms with Crippen molar-refractivity contribution in [2.45, 2.75) is 32.0 Å². The number of nitrogens with zero attached hydrogens (tertiary/aromatic N) is 2. The average Bonchev–Trinajstić information content (AvgIpc) is 3.04. The lowest BCUT2D eigenvalue weighted by Gasteiger charge is -2.22. The van der Waals surface area contributed by atoms with Crippen molar-refractivity contribution in [2.24, 2.45) is 0 Å². The van der Waals surface area contributed by atoms with Gasteiger partial charge < -0.3 is 10.6 Å². The maximum Gasteiger partial charge on any atom is 0.416 e. The molecule has 1 fully saturated rings. The highest BCUT2D eigenvalue weighted by atomic mass is 35.5. The van der Waals surface area contributed by atoms with Crippen molar-refractivity contribution in [1.29, 1.82) is 0 Å². The Morgan fingerprint density at radius 3 is 2.73 bits per heavy atom. The van der Waals surface area contributed by atoms with E-state index < -0.39 is 17.6 Å². The molecule has 1 aliphatic heterocycles. The van der Waals surface area contributed by atoms with Gasteiger partial charge in [-0.1, -0.05) is 0 Å². The minimum atomic E-state index is -4.40. The van der Waals surface area contributed by atoms with Crippen molar-refractivity contribution in [3.8, 4) is 0 Å². The van der Waals surface area contributed by atoms with E-state index in [1.165, 1.54) is 19.1 Å². The Kier molecular flexibility index (Phi) is 6.30. The van der Waals surface area contributed by atoms with E-state index in [1.807, 2.05) is 0 Å². The van der Waals surface area contributed by atoms with Gasteiger partial charge in [0.2, 0.25) is 0 Å².